The van der Waals surface area contributed by atoms with Gasteiger partial charge in [-0.25, -0.2) is 4.68 Å². The van der Waals surface area contributed by atoms with Crippen LogP contribution in [0.15, 0.2) is 29.4 Å². The van der Waals surface area contributed by atoms with E-state index in [4.69, 9.17) is 5.73 Å². The second-order valence-corrected chi connectivity index (χ2v) is 4.02. The summed E-state index contributed by atoms with van der Waals surface area (Å²) >= 11 is 1.57. The molecule has 0 atom stereocenters. The zero-order valence-corrected chi connectivity index (χ0v) is 9.11. The van der Waals surface area contributed by atoms with Crippen molar-refractivity contribution in [2.45, 2.75) is 10.9 Å². The van der Waals surface area contributed by atoms with Crippen molar-refractivity contribution in [3.05, 3.63) is 29.8 Å². The van der Waals surface area contributed by atoms with Crippen LogP contribution in [0.1, 0.15) is 5.56 Å². The Bertz CT molecular complexity index is 453. The molecular weight excluding hydrogens is 210 g/mol. The summed E-state index contributed by atoms with van der Waals surface area (Å²) in [5.41, 5.74) is 7.73. The molecule has 2 N–H and O–H groups in total. The van der Waals surface area contributed by atoms with Crippen LogP contribution in [0.5, 0.6) is 0 Å². The summed E-state index contributed by atoms with van der Waals surface area (Å²) in [5, 5.41) is 12.0. The second kappa shape index (κ2) is 4.31. The van der Waals surface area contributed by atoms with Gasteiger partial charge >= 0.3 is 0 Å². The highest BCUT2D eigenvalue weighted by Crippen LogP contribution is 2.22. The van der Waals surface area contributed by atoms with Gasteiger partial charge in [-0.05, 0) is 22.1 Å². The highest BCUT2D eigenvalue weighted by atomic mass is 32.2. The van der Waals surface area contributed by atoms with Crippen LogP contribution < -0.4 is 5.73 Å². The average Bonchev–Trinajstić information content (AvgIpc) is 2.63. The van der Waals surface area contributed by atoms with E-state index < -0.39 is 0 Å². The van der Waals surface area contributed by atoms with Crippen molar-refractivity contribution >= 4 is 17.4 Å². The van der Waals surface area contributed by atoms with Crippen molar-refractivity contribution in [1.29, 1.82) is 0 Å². The minimum atomic E-state index is 0.779. The normalized spacial score (nSPS) is 10.5. The third-order valence-corrected chi connectivity index (χ3v) is 3.05. The molecule has 0 aliphatic carbocycles. The quantitative estimate of drug-likeness (QED) is 0.620. The van der Waals surface area contributed by atoms with Gasteiger partial charge in [-0.2, -0.15) is 0 Å². The van der Waals surface area contributed by atoms with Gasteiger partial charge in [-0.3, -0.25) is 0 Å². The fourth-order valence-electron chi connectivity index (χ4n) is 1.15. The molecule has 5 nitrogen and oxygen atoms in total. The number of hydrogen-bond donors (Lipinski definition) is 1. The van der Waals surface area contributed by atoms with Crippen molar-refractivity contribution in [2.24, 2.45) is 7.05 Å². The number of benzene rings is 1. The van der Waals surface area contributed by atoms with Crippen molar-refractivity contribution in [3.8, 4) is 0 Å². The summed E-state index contributed by atoms with van der Waals surface area (Å²) in [5.74, 6) is 0.779. The maximum absolute atomic E-state index is 5.83. The Kier molecular flexibility index (Phi) is 2.86. The highest BCUT2D eigenvalue weighted by Gasteiger charge is 2.04. The molecular formula is C9H11N5S. The van der Waals surface area contributed by atoms with Gasteiger partial charge in [-0.1, -0.05) is 30.0 Å². The van der Waals surface area contributed by atoms with Crippen LogP contribution in [-0.4, -0.2) is 20.2 Å². The molecule has 0 spiro atoms. The molecule has 6 heteroatoms. The Morgan fingerprint density at radius 2 is 2.20 bits per heavy atom. The van der Waals surface area contributed by atoms with Gasteiger partial charge in [0, 0.05) is 18.5 Å². The number of hydrogen-bond acceptors (Lipinski definition) is 5. The minimum absolute atomic E-state index is 0.779. The molecule has 1 heterocycles. The number of anilines is 1. The molecule has 0 saturated carbocycles. The Hall–Kier alpha value is -1.56. The van der Waals surface area contributed by atoms with Crippen LogP contribution in [0.3, 0.4) is 0 Å². The predicted molar refractivity (Wildman–Crippen MR) is 59.2 cm³/mol. The smallest absolute Gasteiger partial charge is 0.209 e. The van der Waals surface area contributed by atoms with E-state index in [1.165, 1.54) is 0 Å². The Balaban J connectivity index is 2.06. The first-order valence-electron chi connectivity index (χ1n) is 4.46. The van der Waals surface area contributed by atoms with Crippen LogP contribution in [0.2, 0.25) is 0 Å². The molecule has 0 fully saturated rings. The predicted octanol–water partition coefficient (Wildman–Crippen LogP) is 1.08. The molecule has 78 valence electrons. The first-order valence-corrected chi connectivity index (χ1v) is 5.44. The molecule has 0 aliphatic rings. The van der Waals surface area contributed by atoms with E-state index in [1.807, 2.05) is 31.3 Å². The third kappa shape index (κ3) is 2.27. The van der Waals surface area contributed by atoms with Gasteiger partial charge in [0.15, 0.2) is 0 Å². The van der Waals surface area contributed by atoms with Crippen molar-refractivity contribution < 1.29 is 0 Å². The van der Waals surface area contributed by atoms with Gasteiger partial charge < -0.3 is 5.73 Å². The summed E-state index contributed by atoms with van der Waals surface area (Å²) in [6, 6.07) is 7.80. The van der Waals surface area contributed by atoms with E-state index in [9.17, 15) is 0 Å². The maximum Gasteiger partial charge on any atom is 0.209 e. The lowest BCUT2D eigenvalue weighted by atomic mass is 10.2. The number of aromatic nitrogens is 4. The van der Waals surface area contributed by atoms with Crippen molar-refractivity contribution in [2.75, 3.05) is 5.73 Å². The van der Waals surface area contributed by atoms with Gasteiger partial charge in [-0.15, -0.1) is 5.10 Å². The molecule has 15 heavy (non-hydrogen) atoms. The molecule has 2 rings (SSSR count). The minimum Gasteiger partial charge on any atom is -0.398 e. The molecule has 0 bridgehead atoms. The first-order chi connectivity index (χ1) is 7.27. The lowest BCUT2D eigenvalue weighted by molar-refractivity contribution is 0.664. The SMILES string of the molecule is Cn1nnnc1SCc1ccccc1N. The number of nitrogen functional groups attached to an aromatic ring is 1. The summed E-state index contributed by atoms with van der Waals surface area (Å²) in [6.45, 7) is 0. The van der Waals surface area contributed by atoms with E-state index in [0.717, 1.165) is 22.2 Å². The number of thioether (sulfide) groups is 1. The largest absolute Gasteiger partial charge is 0.398 e. The second-order valence-electron chi connectivity index (χ2n) is 3.07. The summed E-state index contributed by atoms with van der Waals surface area (Å²) < 4.78 is 1.64. The summed E-state index contributed by atoms with van der Waals surface area (Å²) in [7, 11) is 1.82. The Morgan fingerprint density at radius 3 is 2.87 bits per heavy atom. The lowest BCUT2D eigenvalue weighted by Crippen LogP contribution is -1.95. The fraction of sp³-hybridized carbons (Fsp3) is 0.222. The third-order valence-electron chi connectivity index (χ3n) is 1.99. The molecule has 2 aromatic rings. The van der Waals surface area contributed by atoms with Crippen LogP contribution in [0.4, 0.5) is 5.69 Å². The van der Waals surface area contributed by atoms with Crippen LogP contribution in [0.25, 0.3) is 0 Å². The standard InChI is InChI=1S/C9H11N5S/c1-14-9(11-12-13-14)15-6-7-4-2-3-5-8(7)10/h2-5H,6,10H2,1H3. The van der Waals surface area contributed by atoms with Crippen LogP contribution in [0, 0.1) is 0 Å². The number of nitrogens with zero attached hydrogens (tertiary/aromatic N) is 4. The molecule has 0 unspecified atom stereocenters. The van der Waals surface area contributed by atoms with Gasteiger partial charge in [0.1, 0.15) is 0 Å². The van der Waals surface area contributed by atoms with E-state index in [1.54, 1.807) is 16.4 Å². The molecule has 1 aromatic heterocycles. The van der Waals surface area contributed by atoms with Crippen LogP contribution >= 0.6 is 11.8 Å². The molecule has 1 aromatic carbocycles. The monoisotopic (exact) mass is 221 g/mol. The van der Waals surface area contributed by atoms with E-state index in [2.05, 4.69) is 15.5 Å². The topological polar surface area (TPSA) is 69.6 Å². The lowest BCUT2D eigenvalue weighted by Gasteiger charge is -2.03. The van der Waals surface area contributed by atoms with Crippen molar-refractivity contribution in [3.63, 3.8) is 0 Å². The number of nitrogens with two attached hydrogens (primary N) is 1. The molecule has 0 radical (unpaired) electrons. The van der Waals surface area contributed by atoms with E-state index in [-0.39, 0.29) is 0 Å². The van der Waals surface area contributed by atoms with Gasteiger partial charge in [0.25, 0.3) is 0 Å². The van der Waals surface area contributed by atoms with Gasteiger partial charge in [0.05, 0.1) is 0 Å². The maximum atomic E-state index is 5.83. The van der Waals surface area contributed by atoms with Gasteiger partial charge in [0.2, 0.25) is 5.16 Å². The summed E-state index contributed by atoms with van der Waals surface area (Å²) in [4.78, 5) is 0. The van der Waals surface area contributed by atoms with E-state index in [0.29, 0.717) is 0 Å². The van der Waals surface area contributed by atoms with Crippen LogP contribution in [-0.2, 0) is 12.8 Å². The fourth-order valence-corrected chi connectivity index (χ4v) is 2.02. The number of rotatable bonds is 3. The number of para-hydroxylation sites is 1. The number of tetrazole rings is 1. The number of aryl methyl sites for hydroxylation is 1. The first kappa shape index (κ1) is 9.97. The Morgan fingerprint density at radius 1 is 1.40 bits per heavy atom. The molecule has 0 aliphatic heterocycles. The Labute approximate surface area is 91.7 Å². The molecule has 0 amide bonds. The van der Waals surface area contributed by atoms with E-state index >= 15 is 0 Å². The zero-order chi connectivity index (χ0) is 10.7. The average molecular weight is 221 g/mol. The molecule has 0 saturated heterocycles. The van der Waals surface area contributed by atoms with Crippen molar-refractivity contribution in [1.82, 2.24) is 20.2 Å². The zero-order valence-electron chi connectivity index (χ0n) is 8.29. The highest BCUT2D eigenvalue weighted by molar-refractivity contribution is 7.98. The summed E-state index contributed by atoms with van der Waals surface area (Å²) in [6.07, 6.45) is 0.